The van der Waals surface area contributed by atoms with Gasteiger partial charge in [0.15, 0.2) is 0 Å². The third kappa shape index (κ3) is 3.69. The molecular formula is C19H30N4. The first-order chi connectivity index (χ1) is 11.2. The van der Waals surface area contributed by atoms with Gasteiger partial charge in [-0.3, -0.25) is 0 Å². The summed E-state index contributed by atoms with van der Waals surface area (Å²) in [7, 11) is 2.15. The molecule has 126 valence electrons. The number of nitrogens with zero attached hydrogens (tertiary/aromatic N) is 2. The van der Waals surface area contributed by atoms with Crippen LogP contribution in [0.3, 0.4) is 0 Å². The first-order valence-electron chi connectivity index (χ1n) is 9.07. The Hall–Kier alpha value is -1.55. The molecule has 23 heavy (non-hydrogen) atoms. The molecule has 0 unspecified atom stereocenters. The lowest BCUT2D eigenvalue weighted by Gasteiger charge is -2.35. The van der Waals surface area contributed by atoms with Gasteiger partial charge in [0.05, 0.1) is 11.4 Å². The molecule has 1 atom stereocenters. The Kier molecular flexibility index (Phi) is 5.21. The van der Waals surface area contributed by atoms with E-state index in [9.17, 15) is 0 Å². The summed E-state index contributed by atoms with van der Waals surface area (Å²) in [6, 6.07) is 5.42. The Bertz CT molecular complexity index is 548. The number of pyridine rings is 1. The maximum atomic E-state index is 5.75. The number of aryl methyl sites for hydroxylation is 1. The minimum atomic E-state index is 0.509. The lowest BCUT2D eigenvalue weighted by Crippen LogP contribution is -2.38. The van der Waals surface area contributed by atoms with Crippen molar-refractivity contribution in [3.63, 3.8) is 0 Å². The summed E-state index contributed by atoms with van der Waals surface area (Å²) >= 11 is 0. The molecule has 1 aromatic heterocycles. The maximum Gasteiger partial charge on any atom is 0.132 e. The molecule has 0 saturated heterocycles. The van der Waals surface area contributed by atoms with Gasteiger partial charge in [-0.05, 0) is 50.3 Å². The fraction of sp³-hybridized carbons (Fsp3) is 0.632. The van der Waals surface area contributed by atoms with Gasteiger partial charge in [-0.2, -0.15) is 0 Å². The first kappa shape index (κ1) is 16.3. The summed E-state index contributed by atoms with van der Waals surface area (Å²) in [6.07, 6.45) is 9.82. The molecule has 1 aliphatic carbocycles. The van der Waals surface area contributed by atoms with E-state index in [0.29, 0.717) is 12.1 Å². The van der Waals surface area contributed by atoms with E-state index in [1.165, 1.54) is 44.1 Å². The topological polar surface area (TPSA) is 54.2 Å². The largest absolute Gasteiger partial charge is 0.381 e. The number of fused-ring (bicyclic) bond motifs is 1. The van der Waals surface area contributed by atoms with Crippen molar-refractivity contribution in [2.45, 2.75) is 63.5 Å². The van der Waals surface area contributed by atoms with E-state index in [-0.39, 0.29) is 0 Å². The highest BCUT2D eigenvalue weighted by atomic mass is 15.2. The van der Waals surface area contributed by atoms with Crippen LogP contribution in [0, 0.1) is 0 Å². The fourth-order valence-electron chi connectivity index (χ4n) is 3.93. The normalized spacial score (nSPS) is 21.8. The van der Waals surface area contributed by atoms with Crippen molar-refractivity contribution >= 4 is 11.5 Å². The lowest BCUT2D eigenvalue weighted by molar-refractivity contribution is 0.409. The molecule has 3 rings (SSSR count). The molecule has 2 heterocycles. The molecule has 0 aromatic carbocycles. The number of nitrogens with one attached hydrogen (secondary N) is 1. The predicted octanol–water partition coefficient (Wildman–Crippen LogP) is 3.07. The third-order valence-corrected chi connectivity index (χ3v) is 5.38. The average molecular weight is 314 g/mol. The molecule has 4 nitrogen and oxygen atoms in total. The van der Waals surface area contributed by atoms with Gasteiger partial charge in [-0.1, -0.05) is 31.9 Å². The van der Waals surface area contributed by atoms with Crippen molar-refractivity contribution in [2.75, 3.05) is 18.5 Å². The van der Waals surface area contributed by atoms with Crippen molar-refractivity contribution in [3.05, 3.63) is 30.0 Å². The van der Waals surface area contributed by atoms with Crippen molar-refractivity contribution < 1.29 is 0 Å². The number of hydrogen-bond donors (Lipinski definition) is 2. The molecule has 1 aromatic rings. The smallest absolute Gasteiger partial charge is 0.132 e. The zero-order valence-electron chi connectivity index (χ0n) is 14.4. The summed E-state index contributed by atoms with van der Waals surface area (Å²) in [5.41, 5.74) is 9.04. The predicted molar refractivity (Wildman–Crippen MR) is 97.5 cm³/mol. The quantitative estimate of drug-likeness (QED) is 0.877. The Labute approximate surface area is 140 Å². The molecule has 1 fully saturated rings. The van der Waals surface area contributed by atoms with Crippen molar-refractivity contribution in [2.24, 2.45) is 5.73 Å². The SMILES string of the molecule is C=C(NC1CCCCC1)c1ccc2c(n1)N(C)[C@@H](CCN)CC2. The zero-order chi connectivity index (χ0) is 16.2. The van der Waals surface area contributed by atoms with Crippen LogP contribution in [0.1, 0.15) is 56.2 Å². The summed E-state index contributed by atoms with van der Waals surface area (Å²) in [5, 5.41) is 3.60. The summed E-state index contributed by atoms with van der Waals surface area (Å²) in [5.74, 6) is 1.11. The van der Waals surface area contributed by atoms with Gasteiger partial charge in [0.25, 0.3) is 0 Å². The Balaban J connectivity index is 1.73. The molecular weight excluding hydrogens is 284 g/mol. The number of aromatic nitrogens is 1. The van der Waals surface area contributed by atoms with E-state index in [1.807, 2.05) is 0 Å². The van der Waals surface area contributed by atoms with Crippen LogP contribution in [-0.4, -0.2) is 30.7 Å². The second kappa shape index (κ2) is 7.35. The molecule has 1 aliphatic heterocycles. The Morgan fingerprint density at radius 2 is 2.09 bits per heavy atom. The van der Waals surface area contributed by atoms with Gasteiger partial charge in [0, 0.05) is 19.1 Å². The standard InChI is InChI=1S/C19H30N4/c1-14(21-16-6-4-3-5-7-16)18-11-9-15-8-10-17(12-13-20)23(2)19(15)22-18/h9,11,16-17,21H,1,3-8,10,12-13,20H2,2H3/t17-/m1/s1. The highest BCUT2D eigenvalue weighted by Gasteiger charge is 2.24. The third-order valence-electron chi connectivity index (χ3n) is 5.38. The number of rotatable bonds is 5. The fourth-order valence-corrected chi connectivity index (χ4v) is 3.93. The van der Waals surface area contributed by atoms with E-state index >= 15 is 0 Å². The van der Waals surface area contributed by atoms with Gasteiger partial charge in [0.1, 0.15) is 5.82 Å². The van der Waals surface area contributed by atoms with E-state index in [2.05, 4.69) is 36.0 Å². The van der Waals surface area contributed by atoms with E-state index in [4.69, 9.17) is 10.7 Å². The second-order valence-electron chi connectivity index (χ2n) is 7.02. The highest BCUT2D eigenvalue weighted by Crippen LogP contribution is 2.30. The molecule has 0 radical (unpaired) electrons. The van der Waals surface area contributed by atoms with Crippen LogP contribution >= 0.6 is 0 Å². The summed E-state index contributed by atoms with van der Waals surface area (Å²) in [6.45, 7) is 4.97. The molecule has 0 bridgehead atoms. The minimum Gasteiger partial charge on any atom is -0.381 e. The van der Waals surface area contributed by atoms with Gasteiger partial charge < -0.3 is 16.0 Å². The van der Waals surface area contributed by atoms with Gasteiger partial charge in [0.2, 0.25) is 0 Å². The zero-order valence-corrected chi connectivity index (χ0v) is 14.4. The van der Waals surface area contributed by atoms with Crippen molar-refractivity contribution in [1.82, 2.24) is 10.3 Å². The first-order valence-corrected chi connectivity index (χ1v) is 9.07. The molecule has 0 spiro atoms. The van der Waals surface area contributed by atoms with Crippen molar-refractivity contribution in [3.8, 4) is 0 Å². The average Bonchev–Trinajstić information content (AvgIpc) is 2.58. The molecule has 3 N–H and O–H groups in total. The van der Waals surface area contributed by atoms with Crippen LogP contribution in [-0.2, 0) is 6.42 Å². The molecule has 1 saturated carbocycles. The van der Waals surface area contributed by atoms with Crippen molar-refractivity contribution in [1.29, 1.82) is 0 Å². The highest BCUT2D eigenvalue weighted by molar-refractivity contribution is 5.62. The van der Waals surface area contributed by atoms with Crippen LogP contribution in [0.4, 0.5) is 5.82 Å². The Morgan fingerprint density at radius 1 is 1.30 bits per heavy atom. The molecule has 0 amide bonds. The van der Waals surface area contributed by atoms with Gasteiger partial charge >= 0.3 is 0 Å². The summed E-state index contributed by atoms with van der Waals surface area (Å²) < 4.78 is 0. The van der Waals surface area contributed by atoms with E-state index in [1.54, 1.807) is 0 Å². The van der Waals surface area contributed by atoms with E-state index < -0.39 is 0 Å². The number of hydrogen-bond acceptors (Lipinski definition) is 4. The van der Waals surface area contributed by atoms with E-state index in [0.717, 1.165) is 36.6 Å². The van der Waals surface area contributed by atoms with Crippen LogP contribution in [0.15, 0.2) is 18.7 Å². The second-order valence-corrected chi connectivity index (χ2v) is 7.02. The maximum absolute atomic E-state index is 5.75. The van der Waals surface area contributed by atoms with Crippen LogP contribution in [0.2, 0.25) is 0 Å². The number of anilines is 1. The summed E-state index contributed by atoms with van der Waals surface area (Å²) in [4.78, 5) is 7.22. The molecule has 4 heteroatoms. The monoisotopic (exact) mass is 314 g/mol. The minimum absolute atomic E-state index is 0.509. The number of nitrogens with two attached hydrogens (primary N) is 1. The molecule has 2 aliphatic rings. The van der Waals surface area contributed by atoms with Gasteiger partial charge in [-0.25, -0.2) is 4.98 Å². The van der Waals surface area contributed by atoms with Crippen LogP contribution in [0.25, 0.3) is 5.70 Å². The van der Waals surface area contributed by atoms with Gasteiger partial charge in [-0.15, -0.1) is 0 Å². The van der Waals surface area contributed by atoms with Crippen LogP contribution in [0.5, 0.6) is 0 Å². The lowest BCUT2D eigenvalue weighted by atomic mass is 9.95. The van der Waals surface area contributed by atoms with Crippen LogP contribution < -0.4 is 16.0 Å². The Morgan fingerprint density at radius 3 is 2.83 bits per heavy atom.